The lowest BCUT2D eigenvalue weighted by molar-refractivity contribution is -0.545. The number of urea groups is 1. The summed E-state index contributed by atoms with van der Waals surface area (Å²) >= 11 is 0. The van der Waals surface area contributed by atoms with Crippen molar-refractivity contribution in [2.45, 2.75) is 82.5 Å². The van der Waals surface area contributed by atoms with Crippen LogP contribution >= 0.6 is 7.75 Å². The van der Waals surface area contributed by atoms with Gasteiger partial charge in [0.2, 0.25) is 11.9 Å². The van der Waals surface area contributed by atoms with Gasteiger partial charge in [0, 0.05) is 0 Å². The van der Waals surface area contributed by atoms with Gasteiger partial charge in [-0.1, -0.05) is 35.9 Å². The lowest BCUT2D eigenvalue weighted by Gasteiger charge is -2.26. The Bertz CT molecular complexity index is 1240. The highest BCUT2D eigenvalue weighted by molar-refractivity contribution is 7.52. The molecule has 1 aromatic rings. The molecular formula is C26H34FN3O10P+. The van der Waals surface area contributed by atoms with Gasteiger partial charge in [-0.3, -0.25) is 9.32 Å². The van der Waals surface area contributed by atoms with Gasteiger partial charge >= 0.3 is 31.6 Å². The monoisotopic (exact) mass is 598 g/mol. The lowest BCUT2D eigenvalue weighted by atomic mass is 9.98. The van der Waals surface area contributed by atoms with E-state index < -0.39 is 68.3 Å². The van der Waals surface area contributed by atoms with E-state index in [4.69, 9.17) is 18.5 Å². The molecule has 0 aliphatic carbocycles. The number of esters is 1. The number of benzene rings is 1. The number of fused-ring (bicyclic) bond motifs is 5. The first-order valence-electron chi connectivity index (χ1n) is 13.4. The highest BCUT2D eigenvalue weighted by Gasteiger charge is 2.61. The second kappa shape index (κ2) is 12.9. The van der Waals surface area contributed by atoms with E-state index in [1.54, 1.807) is 18.2 Å². The maximum absolute atomic E-state index is 15.9. The van der Waals surface area contributed by atoms with Crippen molar-refractivity contribution in [3.05, 3.63) is 30.3 Å². The number of imide groups is 3. The van der Waals surface area contributed by atoms with Crippen LogP contribution in [0.25, 0.3) is 0 Å². The molecule has 0 spiro atoms. The highest BCUT2D eigenvalue weighted by atomic mass is 31.2. The molecule has 4 amide bonds. The van der Waals surface area contributed by atoms with Gasteiger partial charge < -0.3 is 19.1 Å². The average molecular weight is 599 g/mol. The molecule has 0 aromatic heterocycles. The summed E-state index contributed by atoms with van der Waals surface area (Å²) in [5, 5.41) is 13.3. The van der Waals surface area contributed by atoms with E-state index >= 15 is 4.39 Å². The summed E-state index contributed by atoms with van der Waals surface area (Å²) in [6, 6.07) is 5.74. The Morgan fingerprint density at radius 2 is 1.83 bits per heavy atom. The molecule has 2 fully saturated rings. The largest absolute Gasteiger partial charge is 0.510 e. The van der Waals surface area contributed by atoms with E-state index in [9.17, 15) is 28.8 Å². The summed E-state index contributed by atoms with van der Waals surface area (Å²) in [6.45, 7) is 1.79. The van der Waals surface area contributed by atoms with Gasteiger partial charge in [0.1, 0.15) is 30.4 Å². The number of amides is 4. The van der Waals surface area contributed by atoms with Crippen LogP contribution in [0.4, 0.5) is 9.18 Å². The summed E-state index contributed by atoms with van der Waals surface area (Å²) in [7, 11) is -4.35. The molecule has 6 unspecified atom stereocenters. The van der Waals surface area contributed by atoms with Crippen LogP contribution in [-0.4, -0.2) is 88.0 Å². The Hall–Kier alpha value is -3.03. The molecule has 0 radical (unpaired) electrons. The summed E-state index contributed by atoms with van der Waals surface area (Å²) in [6.07, 6.45) is -2.42. The fourth-order valence-corrected chi connectivity index (χ4v) is 6.18. The minimum atomic E-state index is -4.35. The first-order chi connectivity index (χ1) is 19.4. The van der Waals surface area contributed by atoms with Crippen LogP contribution in [-0.2, 0) is 32.9 Å². The molecule has 4 bridgehead atoms. The molecule has 224 valence electrons. The molecule has 2 N–H and O–H groups in total. The number of aliphatic hydroxyl groups is 1. The van der Waals surface area contributed by atoms with Crippen LogP contribution in [0.1, 0.15) is 52.4 Å². The number of halogens is 1. The van der Waals surface area contributed by atoms with Gasteiger partial charge in [-0.05, 0) is 38.8 Å². The number of cyclic esters (lactones) is 1. The average Bonchev–Trinajstić information content (AvgIpc) is 3.14. The zero-order valence-corrected chi connectivity index (χ0v) is 23.7. The number of carbonyl (C=O) groups excluding carboxylic acids is 4. The molecule has 1 aromatic carbocycles. The first-order valence-corrected chi connectivity index (χ1v) is 14.9. The first kappa shape index (κ1) is 30.9. The maximum atomic E-state index is 15.9. The Morgan fingerprint density at radius 3 is 2.56 bits per heavy atom. The fraction of sp³-hybridized carbons (Fsp3) is 0.577. The van der Waals surface area contributed by atoms with E-state index in [0.717, 1.165) is 17.7 Å². The summed E-state index contributed by atoms with van der Waals surface area (Å²) in [4.78, 5) is 51.4. The van der Waals surface area contributed by atoms with Crippen molar-refractivity contribution in [2.75, 3.05) is 13.2 Å². The second-order valence-corrected chi connectivity index (χ2v) is 11.9. The Balaban J connectivity index is 1.62. The zero-order valence-electron chi connectivity index (χ0n) is 22.8. The van der Waals surface area contributed by atoms with Crippen LogP contribution in [0.15, 0.2) is 30.3 Å². The highest BCUT2D eigenvalue weighted by Crippen LogP contribution is 2.46. The third-order valence-corrected chi connectivity index (χ3v) is 8.60. The van der Waals surface area contributed by atoms with Crippen molar-refractivity contribution in [3.63, 3.8) is 0 Å². The van der Waals surface area contributed by atoms with Crippen LogP contribution in [0, 0.1) is 0 Å². The summed E-state index contributed by atoms with van der Waals surface area (Å²) in [5.74, 6) is -2.08. The number of aliphatic hydroxyl groups excluding tert-OH is 1. The summed E-state index contributed by atoms with van der Waals surface area (Å²) < 4.78 is 52.4. The SMILES string of the molecule is CC1NP(=O)(Oc2ccccc2)OCC2OC([N+]3=CCC(=O)N(C(=O)CCCCCCOC1=O)C3=O)C(C)(F)C2O. The minimum absolute atomic E-state index is 0.0654. The number of rotatable bonds is 2. The molecule has 6 atom stereocenters. The molecule has 3 aliphatic heterocycles. The number of nitrogens with one attached hydrogen (secondary N) is 1. The van der Waals surface area contributed by atoms with Crippen molar-refractivity contribution < 1.29 is 56.3 Å². The lowest BCUT2D eigenvalue weighted by Crippen LogP contribution is -2.56. The normalized spacial score (nSPS) is 34.5. The zero-order chi connectivity index (χ0) is 29.8. The maximum Gasteiger partial charge on any atom is 0.510 e. The summed E-state index contributed by atoms with van der Waals surface area (Å²) in [5.41, 5.74) is -2.58. The van der Waals surface area contributed by atoms with E-state index in [2.05, 4.69) is 5.09 Å². The predicted octanol–water partition coefficient (Wildman–Crippen LogP) is 2.45. The van der Waals surface area contributed by atoms with E-state index in [1.165, 1.54) is 19.1 Å². The minimum Gasteiger partial charge on any atom is -0.465 e. The number of ether oxygens (including phenoxy) is 2. The van der Waals surface area contributed by atoms with Gasteiger partial charge in [0.15, 0.2) is 0 Å². The van der Waals surface area contributed by atoms with Gasteiger partial charge in [0.05, 0.1) is 25.8 Å². The molecule has 4 rings (SSSR count). The van der Waals surface area contributed by atoms with Gasteiger partial charge in [-0.15, -0.1) is 0 Å². The second-order valence-electron chi connectivity index (χ2n) is 10.2. The fourth-order valence-electron chi connectivity index (χ4n) is 4.67. The van der Waals surface area contributed by atoms with Crippen molar-refractivity contribution >= 4 is 37.8 Å². The van der Waals surface area contributed by atoms with Gasteiger partial charge in [-0.2, -0.15) is 14.5 Å². The molecule has 3 heterocycles. The quantitative estimate of drug-likeness (QED) is 0.223. The van der Waals surface area contributed by atoms with E-state index in [-0.39, 0.29) is 25.2 Å². The van der Waals surface area contributed by atoms with Crippen molar-refractivity contribution in [2.24, 2.45) is 0 Å². The van der Waals surface area contributed by atoms with Crippen molar-refractivity contribution in [1.29, 1.82) is 0 Å². The molecule has 13 nitrogen and oxygen atoms in total. The van der Waals surface area contributed by atoms with E-state index in [1.807, 2.05) is 0 Å². The molecule has 41 heavy (non-hydrogen) atoms. The molecule has 15 heteroatoms. The van der Waals surface area contributed by atoms with Crippen LogP contribution < -0.4 is 9.61 Å². The Labute approximate surface area is 236 Å². The van der Waals surface area contributed by atoms with Crippen LogP contribution in [0.2, 0.25) is 0 Å². The number of nitrogens with zero attached hydrogens (tertiary/aromatic N) is 2. The van der Waals surface area contributed by atoms with E-state index in [0.29, 0.717) is 30.6 Å². The third kappa shape index (κ3) is 7.07. The van der Waals surface area contributed by atoms with Gasteiger partial charge in [0.25, 0.3) is 0 Å². The molecule has 0 saturated carbocycles. The number of hydrogen-bond acceptors (Lipinski definition) is 10. The van der Waals surface area contributed by atoms with Crippen LogP contribution in [0.5, 0.6) is 5.75 Å². The van der Waals surface area contributed by atoms with Crippen molar-refractivity contribution in [1.82, 2.24) is 9.99 Å². The number of carbonyl (C=O) groups is 4. The standard InChI is InChI=1S/C26H34FN3O10P/c1-17-23(34)37-15-9-4-3-8-12-20(31)30-21(32)13-14-29(25(30)35)24-26(2,27)22(33)19(39-24)16-38-41(36,28-17)40-18-10-6-5-7-11-18/h5-7,10-11,14,17,19,22,24,33H,3-4,8-9,12-13,15-16H2,1-2H3,(H,28,36)/q+1. The van der Waals surface area contributed by atoms with Crippen molar-refractivity contribution in [3.8, 4) is 5.75 Å². The van der Waals surface area contributed by atoms with Crippen LogP contribution in [0.3, 0.4) is 0 Å². The number of alkyl halides is 1. The number of para-hydroxylation sites is 1. The van der Waals surface area contributed by atoms with Gasteiger partial charge in [-0.25, -0.2) is 18.5 Å². The Morgan fingerprint density at radius 1 is 1.12 bits per heavy atom. The third-order valence-electron chi connectivity index (χ3n) is 6.96. The predicted molar refractivity (Wildman–Crippen MR) is 140 cm³/mol. The molecule has 2 saturated heterocycles. The molecule has 3 aliphatic rings. The molecular weight excluding hydrogens is 564 g/mol. The number of hydrogen-bond donors (Lipinski definition) is 2. The Kier molecular flexibility index (Phi) is 9.70. The topological polar surface area (TPSA) is 161 Å². The smallest absolute Gasteiger partial charge is 0.465 e.